The van der Waals surface area contributed by atoms with Crippen LogP contribution in [0.25, 0.3) is 0 Å². The quantitative estimate of drug-likeness (QED) is 0.815. The third kappa shape index (κ3) is 1.92. The molecule has 18 heavy (non-hydrogen) atoms. The van der Waals surface area contributed by atoms with Crippen molar-refractivity contribution in [1.82, 2.24) is 10.2 Å². The second-order valence-corrected chi connectivity index (χ2v) is 5.36. The molecule has 0 amide bonds. The number of hydrogen-bond acceptors (Lipinski definition) is 4. The number of halogens is 1. The number of fused-ring (bicyclic) bond motifs is 1. The minimum Gasteiger partial charge on any atom is -0.492 e. The summed E-state index contributed by atoms with van der Waals surface area (Å²) in [5.74, 6) is 2.23. The van der Waals surface area contributed by atoms with Crippen LogP contribution < -0.4 is 4.74 Å². The van der Waals surface area contributed by atoms with Gasteiger partial charge in [-0.15, -0.1) is 10.2 Å². The standard InChI is InChI=1S/C13H13BrN2O2/c1-2-10(14)13-16-15-12(18-13)9-7-17-11-6-4-3-5-8(9)11/h3-6,9-10H,2,7H2,1H3. The molecule has 0 saturated carbocycles. The van der Waals surface area contributed by atoms with E-state index in [-0.39, 0.29) is 10.7 Å². The Bertz CT molecular complexity index is 555. The Morgan fingerprint density at radius 2 is 2.22 bits per heavy atom. The maximum absolute atomic E-state index is 5.73. The number of para-hydroxylation sites is 1. The highest BCUT2D eigenvalue weighted by Crippen LogP contribution is 2.38. The smallest absolute Gasteiger partial charge is 0.230 e. The zero-order valence-electron chi connectivity index (χ0n) is 9.97. The molecular formula is C13H13BrN2O2. The van der Waals surface area contributed by atoms with Crippen molar-refractivity contribution in [2.45, 2.75) is 24.1 Å². The van der Waals surface area contributed by atoms with Crippen LogP contribution in [0.2, 0.25) is 0 Å². The molecule has 2 heterocycles. The molecule has 1 aromatic carbocycles. The summed E-state index contributed by atoms with van der Waals surface area (Å²) in [5.41, 5.74) is 1.12. The second-order valence-electron chi connectivity index (χ2n) is 4.26. The summed E-state index contributed by atoms with van der Waals surface area (Å²) in [4.78, 5) is 0.122. The number of nitrogens with zero attached hydrogens (tertiary/aromatic N) is 2. The van der Waals surface area contributed by atoms with Crippen molar-refractivity contribution in [2.75, 3.05) is 6.61 Å². The van der Waals surface area contributed by atoms with Gasteiger partial charge in [0.25, 0.3) is 0 Å². The molecule has 5 heteroatoms. The van der Waals surface area contributed by atoms with Gasteiger partial charge in [-0.25, -0.2) is 0 Å². The highest BCUT2D eigenvalue weighted by atomic mass is 79.9. The van der Waals surface area contributed by atoms with Gasteiger partial charge in [0.15, 0.2) is 0 Å². The van der Waals surface area contributed by atoms with Gasteiger partial charge in [-0.3, -0.25) is 0 Å². The van der Waals surface area contributed by atoms with Gasteiger partial charge in [-0.2, -0.15) is 0 Å². The number of hydrogen-bond donors (Lipinski definition) is 0. The first-order chi connectivity index (χ1) is 8.79. The Morgan fingerprint density at radius 1 is 1.39 bits per heavy atom. The lowest BCUT2D eigenvalue weighted by Gasteiger charge is -2.03. The molecule has 1 aliphatic heterocycles. The van der Waals surface area contributed by atoms with Crippen molar-refractivity contribution in [3.8, 4) is 5.75 Å². The maximum atomic E-state index is 5.73. The van der Waals surface area contributed by atoms with Crippen molar-refractivity contribution >= 4 is 15.9 Å². The number of alkyl halides is 1. The van der Waals surface area contributed by atoms with Crippen molar-refractivity contribution < 1.29 is 9.15 Å². The molecule has 0 saturated heterocycles. The van der Waals surface area contributed by atoms with Crippen molar-refractivity contribution in [3.63, 3.8) is 0 Å². The molecule has 4 nitrogen and oxygen atoms in total. The van der Waals surface area contributed by atoms with Crippen LogP contribution in [0.5, 0.6) is 5.75 Å². The molecule has 0 fully saturated rings. The lowest BCUT2D eigenvalue weighted by Crippen LogP contribution is -2.02. The first-order valence-electron chi connectivity index (χ1n) is 5.98. The fraction of sp³-hybridized carbons (Fsp3) is 0.385. The summed E-state index contributed by atoms with van der Waals surface area (Å²) in [7, 11) is 0. The molecule has 0 radical (unpaired) electrons. The van der Waals surface area contributed by atoms with Crippen molar-refractivity contribution in [3.05, 3.63) is 41.6 Å². The Kier molecular flexibility index (Phi) is 3.07. The van der Waals surface area contributed by atoms with Crippen LogP contribution in [0, 0.1) is 0 Å². The Hall–Kier alpha value is -1.36. The average molecular weight is 309 g/mol. The molecule has 94 valence electrons. The summed E-state index contributed by atoms with van der Waals surface area (Å²) in [5, 5.41) is 8.22. The predicted molar refractivity (Wildman–Crippen MR) is 70.0 cm³/mol. The van der Waals surface area contributed by atoms with Gasteiger partial charge in [-0.05, 0) is 12.5 Å². The van der Waals surface area contributed by atoms with E-state index in [0.717, 1.165) is 17.7 Å². The molecular weight excluding hydrogens is 296 g/mol. The van der Waals surface area contributed by atoms with E-state index in [1.54, 1.807) is 0 Å². The van der Waals surface area contributed by atoms with Gasteiger partial charge < -0.3 is 9.15 Å². The molecule has 2 atom stereocenters. The molecule has 0 bridgehead atoms. The van der Waals surface area contributed by atoms with Gasteiger partial charge in [0.1, 0.15) is 12.4 Å². The summed E-state index contributed by atoms with van der Waals surface area (Å²) in [6.45, 7) is 2.64. The largest absolute Gasteiger partial charge is 0.492 e. The highest BCUT2D eigenvalue weighted by molar-refractivity contribution is 9.09. The monoisotopic (exact) mass is 308 g/mol. The van der Waals surface area contributed by atoms with E-state index in [2.05, 4.69) is 33.1 Å². The van der Waals surface area contributed by atoms with Crippen molar-refractivity contribution in [2.24, 2.45) is 0 Å². The lowest BCUT2D eigenvalue weighted by molar-refractivity contribution is 0.320. The first-order valence-corrected chi connectivity index (χ1v) is 6.90. The topological polar surface area (TPSA) is 48.2 Å². The zero-order chi connectivity index (χ0) is 12.5. The fourth-order valence-corrected chi connectivity index (χ4v) is 2.24. The third-order valence-corrected chi connectivity index (χ3v) is 4.12. The Labute approximate surface area is 113 Å². The van der Waals surface area contributed by atoms with E-state index in [4.69, 9.17) is 9.15 Å². The molecule has 0 N–H and O–H groups in total. The minimum atomic E-state index is 0.0546. The number of aromatic nitrogens is 2. The van der Waals surface area contributed by atoms with Crippen LogP contribution in [0.15, 0.2) is 28.7 Å². The zero-order valence-corrected chi connectivity index (χ0v) is 11.6. The minimum absolute atomic E-state index is 0.0546. The van der Waals surface area contributed by atoms with E-state index in [9.17, 15) is 0 Å². The SMILES string of the molecule is CCC(Br)c1nnc(C2COc3ccccc32)o1. The van der Waals surface area contributed by atoms with Gasteiger partial charge in [0, 0.05) is 5.56 Å². The van der Waals surface area contributed by atoms with Gasteiger partial charge >= 0.3 is 0 Å². The number of ether oxygens (including phenoxy) is 1. The Morgan fingerprint density at radius 3 is 3.06 bits per heavy atom. The second kappa shape index (κ2) is 4.72. The van der Waals surface area contributed by atoms with Crippen LogP contribution in [0.1, 0.15) is 41.4 Å². The molecule has 2 aromatic rings. The van der Waals surface area contributed by atoms with Crippen LogP contribution >= 0.6 is 15.9 Å². The van der Waals surface area contributed by atoms with E-state index < -0.39 is 0 Å². The predicted octanol–water partition coefficient (Wildman–Crippen LogP) is 3.44. The molecule has 1 aromatic heterocycles. The highest BCUT2D eigenvalue weighted by Gasteiger charge is 2.30. The lowest BCUT2D eigenvalue weighted by atomic mass is 10.0. The van der Waals surface area contributed by atoms with Crippen LogP contribution in [0.4, 0.5) is 0 Å². The van der Waals surface area contributed by atoms with Crippen LogP contribution in [0.3, 0.4) is 0 Å². The maximum Gasteiger partial charge on any atom is 0.230 e. The third-order valence-electron chi connectivity index (χ3n) is 3.08. The normalized spacial score (nSPS) is 19.3. The molecule has 1 aliphatic rings. The molecule has 0 spiro atoms. The molecule has 3 rings (SSSR count). The molecule has 0 aliphatic carbocycles. The van der Waals surface area contributed by atoms with Crippen LogP contribution in [-0.2, 0) is 0 Å². The van der Waals surface area contributed by atoms with E-state index in [1.807, 2.05) is 24.3 Å². The average Bonchev–Trinajstić information content (AvgIpc) is 3.03. The Balaban J connectivity index is 1.91. The fourth-order valence-electron chi connectivity index (χ4n) is 2.06. The van der Waals surface area contributed by atoms with Gasteiger partial charge in [0.05, 0.1) is 10.7 Å². The summed E-state index contributed by atoms with van der Waals surface area (Å²) >= 11 is 3.51. The molecule has 2 unspecified atom stereocenters. The summed E-state index contributed by atoms with van der Waals surface area (Å²) in [6, 6.07) is 7.97. The van der Waals surface area contributed by atoms with Crippen molar-refractivity contribution in [1.29, 1.82) is 0 Å². The number of rotatable bonds is 3. The summed E-state index contributed by atoms with van der Waals surface area (Å²) < 4.78 is 11.4. The summed E-state index contributed by atoms with van der Waals surface area (Å²) in [6.07, 6.45) is 0.916. The van der Waals surface area contributed by atoms with Gasteiger partial charge in [0.2, 0.25) is 11.8 Å². The van der Waals surface area contributed by atoms with E-state index in [1.165, 1.54) is 0 Å². The first kappa shape index (κ1) is 11.7. The van der Waals surface area contributed by atoms with E-state index in [0.29, 0.717) is 18.4 Å². The number of benzene rings is 1. The van der Waals surface area contributed by atoms with Crippen LogP contribution in [-0.4, -0.2) is 16.8 Å². The van der Waals surface area contributed by atoms with E-state index >= 15 is 0 Å². The van der Waals surface area contributed by atoms with Gasteiger partial charge in [-0.1, -0.05) is 41.1 Å².